The van der Waals surface area contributed by atoms with Crippen molar-refractivity contribution in [3.63, 3.8) is 0 Å². The van der Waals surface area contributed by atoms with Gasteiger partial charge in [0.05, 0.1) is 24.3 Å². The summed E-state index contributed by atoms with van der Waals surface area (Å²) in [6.45, 7) is 11.3. The van der Waals surface area contributed by atoms with Crippen LogP contribution in [0.4, 0.5) is 0 Å². The monoisotopic (exact) mass is 424 g/mol. The Kier molecular flexibility index (Phi) is 8.13. The Labute approximate surface area is 178 Å². The number of halogens is 1. The summed E-state index contributed by atoms with van der Waals surface area (Å²) in [5, 5.41) is 4.38. The van der Waals surface area contributed by atoms with Gasteiger partial charge in [-0.1, -0.05) is 25.4 Å². The first-order valence-corrected chi connectivity index (χ1v) is 10.5. The van der Waals surface area contributed by atoms with E-state index in [4.69, 9.17) is 33.3 Å². The summed E-state index contributed by atoms with van der Waals surface area (Å²) in [5.41, 5.74) is 2.38. The first-order valence-electron chi connectivity index (χ1n) is 9.74. The van der Waals surface area contributed by atoms with Crippen LogP contribution in [0.5, 0.6) is 11.5 Å². The van der Waals surface area contributed by atoms with Gasteiger partial charge in [-0.25, -0.2) is 0 Å². The minimum atomic E-state index is -0.380. The number of rotatable bonds is 9. The molecule has 1 aliphatic rings. The summed E-state index contributed by atoms with van der Waals surface area (Å²) in [6.07, 6.45) is 1.80. The van der Waals surface area contributed by atoms with Gasteiger partial charge in [0.15, 0.2) is 22.4 Å². The van der Waals surface area contributed by atoms with Crippen LogP contribution in [-0.2, 0) is 4.79 Å². The molecule has 0 aliphatic carbocycles. The van der Waals surface area contributed by atoms with Crippen LogP contribution in [0.15, 0.2) is 23.4 Å². The first-order chi connectivity index (χ1) is 13.3. The minimum absolute atomic E-state index is 0.000931. The van der Waals surface area contributed by atoms with Crippen LogP contribution < -0.4 is 14.8 Å². The van der Waals surface area contributed by atoms with Gasteiger partial charge in [-0.05, 0) is 63.5 Å². The highest BCUT2D eigenvalue weighted by molar-refractivity contribution is 7.80. The van der Waals surface area contributed by atoms with E-state index in [2.05, 4.69) is 12.2 Å². The maximum absolute atomic E-state index is 12.5. The second kappa shape index (κ2) is 10.1. The molecule has 0 saturated heterocycles. The molecule has 2 rings (SSSR count). The van der Waals surface area contributed by atoms with Gasteiger partial charge in [0, 0.05) is 17.8 Å². The molecule has 0 spiro atoms. The number of thiocarbonyl (C=S) groups is 1. The standard InChI is InChI=1S/C21H29ClN2O3S/c1-6-9-24-13(4)18(14(5)25)19(23-21(24)28)15-11-16(22)20(27-10-7-2)17(12-15)26-8-3/h11-12,19H,6-10H2,1-5H3,(H,23,28). The average Bonchev–Trinajstić information content (AvgIpc) is 2.63. The van der Waals surface area contributed by atoms with Crippen LogP contribution in [0.25, 0.3) is 0 Å². The lowest BCUT2D eigenvalue weighted by molar-refractivity contribution is -0.114. The summed E-state index contributed by atoms with van der Waals surface area (Å²) in [4.78, 5) is 14.5. The molecule has 1 aromatic rings. The van der Waals surface area contributed by atoms with E-state index in [0.29, 0.717) is 40.4 Å². The molecule has 28 heavy (non-hydrogen) atoms. The van der Waals surface area contributed by atoms with Gasteiger partial charge in [0.2, 0.25) is 0 Å². The number of Topliss-reactive ketones (excluding diaryl/α,β-unsaturated/α-hetero) is 1. The number of ether oxygens (including phenoxy) is 2. The number of allylic oxidation sites excluding steroid dienone is 1. The fourth-order valence-electron chi connectivity index (χ4n) is 3.34. The van der Waals surface area contributed by atoms with Gasteiger partial charge in [-0.15, -0.1) is 0 Å². The van der Waals surface area contributed by atoms with Gasteiger partial charge in [-0.2, -0.15) is 0 Å². The SMILES string of the molecule is CCCOc1c(Cl)cc(C2NC(=S)N(CCC)C(C)=C2C(C)=O)cc1OCC. The van der Waals surface area contributed by atoms with Crippen LogP contribution >= 0.6 is 23.8 Å². The number of hydrogen-bond donors (Lipinski definition) is 1. The third kappa shape index (κ3) is 4.78. The van der Waals surface area contributed by atoms with Crippen molar-refractivity contribution in [2.24, 2.45) is 0 Å². The van der Waals surface area contributed by atoms with Crippen molar-refractivity contribution in [1.82, 2.24) is 10.2 Å². The molecule has 1 unspecified atom stereocenters. The van der Waals surface area contributed by atoms with E-state index in [9.17, 15) is 4.79 Å². The van der Waals surface area contributed by atoms with Crippen LogP contribution in [0, 0.1) is 0 Å². The summed E-state index contributed by atoms with van der Waals surface area (Å²) in [6, 6.07) is 3.32. The Bertz CT molecular complexity index is 779. The lowest BCUT2D eigenvalue weighted by atomic mass is 9.92. The van der Waals surface area contributed by atoms with Crippen molar-refractivity contribution in [2.75, 3.05) is 19.8 Å². The molecular formula is C21H29ClN2O3S. The second-order valence-corrected chi connectivity index (χ2v) is 7.49. The average molecular weight is 425 g/mol. The van der Waals surface area contributed by atoms with E-state index in [0.717, 1.165) is 30.6 Å². The molecule has 1 atom stereocenters. The maximum Gasteiger partial charge on any atom is 0.179 e. The van der Waals surface area contributed by atoms with Crippen molar-refractivity contribution in [3.8, 4) is 11.5 Å². The van der Waals surface area contributed by atoms with E-state index >= 15 is 0 Å². The zero-order valence-corrected chi connectivity index (χ0v) is 18.8. The number of carbonyl (C=O) groups is 1. The highest BCUT2D eigenvalue weighted by Crippen LogP contribution is 2.41. The zero-order chi connectivity index (χ0) is 20.8. The Balaban J connectivity index is 2.55. The van der Waals surface area contributed by atoms with Gasteiger partial charge in [0.1, 0.15) is 0 Å². The van der Waals surface area contributed by atoms with Crippen LogP contribution in [0.3, 0.4) is 0 Å². The Morgan fingerprint density at radius 3 is 2.54 bits per heavy atom. The van der Waals surface area contributed by atoms with Gasteiger partial charge >= 0.3 is 0 Å². The molecule has 0 amide bonds. The highest BCUT2D eigenvalue weighted by Gasteiger charge is 2.32. The summed E-state index contributed by atoms with van der Waals surface area (Å²) in [5.74, 6) is 1.10. The molecule has 0 aromatic heterocycles. The molecule has 0 saturated carbocycles. The molecule has 0 fully saturated rings. The molecule has 1 N–H and O–H groups in total. The van der Waals surface area contributed by atoms with Crippen LogP contribution in [0.2, 0.25) is 5.02 Å². The fraction of sp³-hybridized carbons (Fsp3) is 0.524. The maximum atomic E-state index is 12.5. The number of hydrogen-bond acceptors (Lipinski definition) is 4. The molecule has 5 nitrogen and oxygen atoms in total. The number of benzene rings is 1. The van der Waals surface area contributed by atoms with Gasteiger partial charge in [0.25, 0.3) is 0 Å². The third-order valence-corrected chi connectivity index (χ3v) is 5.16. The Morgan fingerprint density at radius 1 is 1.25 bits per heavy atom. The quantitative estimate of drug-likeness (QED) is 0.561. The first kappa shape index (κ1) is 22.5. The van der Waals surface area contributed by atoms with Crippen molar-refractivity contribution in [2.45, 2.75) is 53.5 Å². The lowest BCUT2D eigenvalue weighted by Gasteiger charge is -2.37. The molecule has 0 radical (unpaired) electrons. The number of nitrogens with one attached hydrogen (secondary N) is 1. The lowest BCUT2D eigenvalue weighted by Crippen LogP contribution is -2.47. The predicted octanol–water partition coefficient (Wildman–Crippen LogP) is 5.03. The van der Waals surface area contributed by atoms with Crippen molar-refractivity contribution < 1.29 is 14.3 Å². The molecule has 0 bridgehead atoms. The second-order valence-electron chi connectivity index (χ2n) is 6.70. The smallest absolute Gasteiger partial charge is 0.179 e. The number of nitrogens with zero attached hydrogens (tertiary/aromatic N) is 1. The topological polar surface area (TPSA) is 50.8 Å². The molecule has 7 heteroatoms. The fourth-order valence-corrected chi connectivity index (χ4v) is 3.96. The van der Waals surface area contributed by atoms with Gasteiger partial charge in [-0.3, -0.25) is 4.79 Å². The Hall–Kier alpha value is -1.79. The molecular weight excluding hydrogens is 396 g/mol. The van der Waals surface area contributed by atoms with Gasteiger partial charge < -0.3 is 19.7 Å². The van der Waals surface area contributed by atoms with Crippen LogP contribution in [0.1, 0.15) is 59.1 Å². The van der Waals surface area contributed by atoms with E-state index < -0.39 is 0 Å². The number of carbonyl (C=O) groups excluding carboxylic acids is 1. The largest absolute Gasteiger partial charge is 0.490 e. The van der Waals surface area contributed by atoms with E-state index in [1.165, 1.54) is 0 Å². The summed E-state index contributed by atoms with van der Waals surface area (Å²) in [7, 11) is 0. The van der Waals surface area contributed by atoms with E-state index in [1.807, 2.05) is 37.8 Å². The zero-order valence-electron chi connectivity index (χ0n) is 17.2. The predicted molar refractivity (Wildman–Crippen MR) is 117 cm³/mol. The molecule has 1 heterocycles. The van der Waals surface area contributed by atoms with E-state index in [-0.39, 0.29) is 11.8 Å². The minimum Gasteiger partial charge on any atom is -0.490 e. The Morgan fingerprint density at radius 2 is 1.96 bits per heavy atom. The van der Waals surface area contributed by atoms with E-state index in [1.54, 1.807) is 6.92 Å². The molecule has 1 aromatic carbocycles. The summed E-state index contributed by atoms with van der Waals surface area (Å²) < 4.78 is 11.6. The van der Waals surface area contributed by atoms with Crippen molar-refractivity contribution in [1.29, 1.82) is 0 Å². The number of ketones is 1. The molecule has 154 valence electrons. The normalized spacial score (nSPS) is 16.9. The van der Waals surface area contributed by atoms with Crippen molar-refractivity contribution in [3.05, 3.63) is 34.0 Å². The van der Waals surface area contributed by atoms with Crippen LogP contribution in [-0.4, -0.2) is 35.6 Å². The van der Waals surface area contributed by atoms with Crippen molar-refractivity contribution >= 4 is 34.7 Å². The highest BCUT2D eigenvalue weighted by atomic mass is 35.5. The molecule has 1 aliphatic heterocycles. The third-order valence-electron chi connectivity index (χ3n) is 4.54. The summed E-state index contributed by atoms with van der Waals surface area (Å²) >= 11 is 12.1.